The van der Waals surface area contributed by atoms with E-state index in [1.807, 2.05) is 12.5 Å². The van der Waals surface area contributed by atoms with E-state index in [9.17, 15) is 0 Å². The van der Waals surface area contributed by atoms with Crippen molar-refractivity contribution in [2.45, 2.75) is 63.2 Å². The molecule has 2 aliphatic rings. The Morgan fingerprint density at radius 2 is 1.00 bits per heavy atom. The van der Waals surface area contributed by atoms with Crippen LogP contribution in [0, 0.1) is 0 Å². The normalized spacial score (nSPS) is 24.4. The molecule has 3 rings (SSSR count). The zero-order valence-corrected chi connectivity index (χ0v) is 15.1. The molecule has 0 N–H and O–H groups in total. The maximum Gasteiger partial charge on any atom is 0.0816 e. The van der Waals surface area contributed by atoms with Crippen LogP contribution in [-0.4, -0.2) is 14.2 Å². The second-order valence-electron chi connectivity index (χ2n) is 7.24. The molecule has 0 bridgehead atoms. The van der Waals surface area contributed by atoms with E-state index in [1.54, 1.807) is 14.2 Å². The fourth-order valence-corrected chi connectivity index (χ4v) is 4.25. The highest BCUT2D eigenvalue weighted by molar-refractivity contribution is 5.29. The lowest BCUT2D eigenvalue weighted by Gasteiger charge is -2.26. The fraction of sp³-hybridized carbons (Fsp3) is 0.545. The summed E-state index contributed by atoms with van der Waals surface area (Å²) >= 11 is 0. The molecule has 2 nitrogen and oxygen atoms in total. The van der Waals surface area contributed by atoms with Gasteiger partial charge in [-0.1, -0.05) is 24.3 Å². The molecule has 0 radical (unpaired) electrons. The van der Waals surface area contributed by atoms with Gasteiger partial charge in [0.15, 0.2) is 0 Å². The molecule has 1 aromatic rings. The van der Waals surface area contributed by atoms with Gasteiger partial charge in [0.1, 0.15) is 0 Å². The highest BCUT2D eigenvalue weighted by atomic mass is 16.5. The summed E-state index contributed by atoms with van der Waals surface area (Å²) in [6.07, 6.45) is 13.6. The molecule has 0 saturated heterocycles. The minimum atomic E-state index is 0.718. The Morgan fingerprint density at radius 3 is 1.29 bits per heavy atom. The van der Waals surface area contributed by atoms with E-state index in [-0.39, 0.29) is 0 Å². The third kappa shape index (κ3) is 4.23. The van der Waals surface area contributed by atoms with Crippen LogP contribution in [0.1, 0.15) is 74.3 Å². The van der Waals surface area contributed by atoms with Crippen LogP contribution in [-0.2, 0) is 9.47 Å². The molecule has 2 fully saturated rings. The average molecular weight is 326 g/mol. The molecule has 0 unspecified atom stereocenters. The van der Waals surface area contributed by atoms with Gasteiger partial charge in [-0.2, -0.15) is 0 Å². The third-order valence-corrected chi connectivity index (χ3v) is 5.70. The Morgan fingerprint density at radius 1 is 0.667 bits per heavy atom. The highest BCUT2D eigenvalue weighted by Gasteiger charge is 2.21. The van der Waals surface area contributed by atoms with Crippen molar-refractivity contribution in [3.63, 3.8) is 0 Å². The smallest absolute Gasteiger partial charge is 0.0816 e. The summed E-state index contributed by atoms with van der Waals surface area (Å²) in [5.41, 5.74) is 5.97. The lowest BCUT2D eigenvalue weighted by molar-refractivity contribution is 0.326. The van der Waals surface area contributed by atoms with Gasteiger partial charge in [-0.15, -0.1) is 0 Å². The Labute approximate surface area is 146 Å². The Bertz CT molecular complexity index is 509. The number of ether oxygens (including phenoxy) is 2. The second-order valence-corrected chi connectivity index (χ2v) is 7.24. The van der Waals surface area contributed by atoms with Crippen molar-refractivity contribution in [2.24, 2.45) is 0 Å². The minimum absolute atomic E-state index is 0.718. The summed E-state index contributed by atoms with van der Waals surface area (Å²) in [7, 11) is 3.49. The van der Waals surface area contributed by atoms with Crippen LogP contribution in [0.4, 0.5) is 0 Å². The van der Waals surface area contributed by atoms with Gasteiger partial charge in [-0.3, -0.25) is 0 Å². The first-order valence-corrected chi connectivity index (χ1v) is 9.31. The van der Waals surface area contributed by atoms with Gasteiger partial charge in [0.2, 0.25) is 0 Å². The highest BCUT2D eigenvalue weighted by Crippen LogP contribution is 2.38. The largest absolute Gasteiger partial charge is 0.504 e. The number of hydrogen-bond acceptors (Lipinski definition) is 2. The van der Waals surface area contributed by atoms with Crippen LogP contribution in [0.2, 0.25) is 0 Å². The second kappa shape index (κ2) is 8.41. The van der Waals surface area contributed by atoms with E-state index in [0.717, 1.165) is 11.8 Å². The summed E-state index contributed by atoms with van der Waals surface area (Å²) in [5, 5.41) is 0. The molecule has 0 aromatic heterocycles. The first kappa shape index (κ1) is 17.1. The number of methoxy groups -OCH3 is 2. The molecule has 2 heteroatoms. The van der Waals surface area contributed by atoms with Crippen molar-refractivity contribution in [1.82, 2.24) is 0 Å². The predicted octanol–water partition coefficient (Wildman–Crippen LogP) is 6.06. The quantitative estimate of drug-likeness (QED) is 0.626. The van der Waals surface area contributed by atoms with Gasteiger partial charge < -0.3 is 9.47 Å². The molecule has 24 heavy (non-hydrogen) atoms. The zero-order chi connectivity index (χ0) is 16.8. The standard InChI is InChI=1S/C22H30O2/c1-23-15-17-3-7-19(8-4-17)21-11-13-22(14-12-21)20-9-5-18(6-10-20)16-24-2/h11-16,19-20H,3-10H2,1-2H3. The van der Waals surface area contributed by atoms with Crippen LogP contribution in [0.5, 0.6) is 0 Å². The predicted molar refractivity (Wildman–Crippen MR) is 99.0 cm³/mol. The lowest BCUT2D eigenvalue weighted by Crippen LogP contribution is -2.09. The molecule has 1 aromatic carbocycles. The third-order valence-electron chi connectivity index (χ3n) is 5.70. The van der Waals surface area contributed by atoms with Crippen molar-refractivity contribution in [1.29, 1.82) is 0 Å². The fourth-order valence-electron chi connectivity index (χ4n) is 4.25. The van der Waals surface area contributed by atoms with Gasteiger partial charge in [0.25, 0.3) is 0 Å². The van der Waals surface area contributed by atoms with E-state index in [1.165, 1.54) is 73.6 Å². The first-order chi connectivity index (χ1) is 11.8. The maximum absolute atomic E-state index is 5.15. The molecule has 0 atom stereocenters. The van der Waals surface area contributed by atoms with Crippen molar-refractivity contribution in [2.75, 3.05) is 14.2 Å². The van der Waals surface area contributed by atoms with Gasteiger partial charge in [0.05, 0.1) is 26.7 Å². The zero-order valence-electron chi connectivity index (χ0n) is 15.1. The number of hydrogen-bond donors (Lipinski definition) is 0. The van der Waals surface area contributed by atoms with Crippen molar-refractivity contribution >= 4 is 0 Å². The molecule has 130 valence electrons. The van der Waals surface area contributed by atoms with Gasteiger partial charge in [-0.05, 0) is 85.5 Å². The van der Waals surface area contributed by atoms with Crippen LogP contribution in [0.25, 0.3) is 0 Å². The molecular formula is C22H30O2. The molecule has 0 heterocycles. The van der Waals surface area contributed by atoms with E-state index in [0.29, 0.717) is 0 Å². The van der Waals surface area contributed by atoms with Gasteiger partial charge in [-0.25, -0.2) is 0 Å². The van der Waals surface area contributed by atoms with Crippen LogP contribution < -0.4 is 0 Å². The van der Waals surface area contributed by atoms with Gasteiger partial charge in [0, 0.05) is 0 Å². The van der Waals surface area contributed by atoms with Gasteiger partial charge >= 0.3 is 0 Å². The van der Waals surface area contributed by atoms with E-state index in [2.05, 4.69) is 24.3 Å². The topological polar surface area (TPSA) is 18.5 Å². The number of allylic oxidation sites excluding steroid dienone is 2. The molecule has 0 amide bonds. The SMILES string of the molecule is COC=C1CCC(c2ccc(C3CCC(=COC)CC3)cc2)CC1. The maximum atomic E-state index is 5.15. The molecule has 0 aliphatic heterocycles. The summed E-state index contributed by atoms with van der Waals surface area (Å²) in [6, 6.07) is 9.52. The molecule has 2 aliphatic carbocycles. The van der Waals surface area contributed by atoms with Crippen molar-refractivity contribution in [3.8, 4) is 0 Å². The van der Waals surface area contributed by atoms with Crippen molar-refractivity contribution in [3.05, 3.63) is 59.1 Å². The van der Waals surface area contributed by atoms with E-state index in [4.69, 9.17) is 9.47 Å². The Hall–Kier alpha value is -1.70. The van der Waals surface area contributed by atoms with E-state index < -0.39 is 0 Å². The monoisotopic (exact) mass is 326 g/mol. The van der Waals surface area contributed by atoms with Crippen LogP contribution >= 0.6 is 0 Å². The number of rotatable bonds is 4. The molecule has 0 spiro atoms. The Kier molecular flexibility index (Phi) is 6.01. The molecule has 2 saturated carbocycles. The molecular weight excluding hydrogens is 296 g/mol. The summed E-state index contributed by atoms with van der Waals surface area (Å²) < 4.78 is 10.3. The number of benzene rings is 1. The summed E-state index contributed by atoms with van der Waals surface area (Å²) in [4.78, 5) is 0. The first-order valence-electron chi connectivity index (χ1n) is 9.31. The van der Waals surface area contributed by atoms with Crippen LogP contribution in [0.3, 0.4) is 0 Å². The lowest BCUT2D eigenvalue weighted by atomic mass is 9.79. The summed E-state index contributed by atoms with van der Waals surface area (Å²) in [6.45, 7) is 0. The average Bonchev–Trinajstić information content (AvgIpc) is 2.64. The van der Waals surface area contributed by atoms with Crippen molar-refractivity contribution < 1.29 is 9.47 Å². The minimum Gasteiger partial charge on any atom is -0.504 e. The van der Waals surface area contributed by atoms with Crippen LogP contribution in [0.15, 0.2) is 47.9 Å². The van der Waals surface area contributed by atoms with E-state index >= 15 is 0 Å². The Balaban J connectivity index is 1.56. The summed E-state index contributed by atoms with van der Waals surface area (Å²) in [5.74, 6) is 1.44.